The molecular formula is C15H21BrFN. The Balaban J connectivity index is 2.04. The molecular weight excluding hydrogens is 293 g/mol. The molecule has 18 heavy (non-hydrogen) atoms. The van der Waals surface area contributed by atoms with Crippen molar-refractivity contribution >= 4 is 15.9 Å². The average molecular weight is 314 g/mol. The first-order chi connectivity index (χ1) is 8.70. The third-order valence-corrected chi connectivity index (χ3v) is 4.60. The van der Waals surface area contributed by atoms with Crippen molar-refractivity contribution in [2.24, 2.45) is 5.92 Å². The topological polar surface area (TPSA) is 12.0 Å². The van der Waals surface area contributed by atoms with Crippen molar-refractivity contribution in [3.05, 3.63) is 34.1 Å². The molecule has 0 saturated heterocycles. The minimum Gasteiger partial charge on any atom is -0.313 e. The summed E-state index contributed by atoms with van der Waals surface area (Å²) in [4.78, 5) is 0. The first kappa shape index (κ1) is 14.0. The van der Waals surface area contributed by atoms with Crippen LogP contribution >= 0.6 is 15.9 Å². The average Bonchev–Trinajstić information content (AvgIpc) is 2.40. The van der Waals surface area contributed by atoms with Crippen LogP contribution in [0, 0.1) is 11.7 Å². The van der Waals surface area contributed by atoms with E-state index in [2.05, 4.69) is 21.2 Å². The minimum absolute atomic E-state index is 0.189. The van der Waals surface area contributed by atoms with Crippen molar-refractivity contribution in [2.75, 3.05) is 7.05 Å². The van der Waals surface area contributed by atoms with Gasteiger partial charge in [-0.25, -0.2) is 4.39 Å². The number of halogens is 2. The zero-order valence-corrected chi connectivity index (χ0v) is 12.5. The molecule has 0 aliphatic heterocycles. The molecule has 1 aromatic rings. The third-order valence-electron chi connectivity index (χ3n) is 3.99. The maximum absolute atomic E-state index is 13.3. The molecule has 2 rings (SSSR count). The van der Waals surface area contributed by atoms with E-state index in [-0.39, 0.29) is 5.82 Å². The van der Waals surface area contributed by atoms with Gasteiger partial charge in [-0.3, -0.25) is 0 Å². The second kappa shape index (κ2) is 6.67. The molecule has 1 saturated carbocycles. The van der Waals surface area contributed by atoms with E-state index in [1.807, 2.05) is 19.2 Å². The van der Waals surface area contributed by atoms with Gasteiger partial charge in [0.15, 0.2) is 0 Å². The molecule has 1 fully saturated rings. The highest BCUT2D eigenvalue weighted by Gasteiger charge is 2.19. The Labute approximate surface area is 117 Å². The van der Waals surface area contributed by atoms with Gasteiger partial charge in [0, 0.05) is 6.04 Å². The molecule has 1 nitrogen and oxygen atoms in total. The summed E-state index contributed by atoms with van der Waals surface area (Å²) in [6.45, 7) is 0. The molecule has 100 valence electrons. The summed E-state index contributed by atoms with van der Waals surface area (Å²) in [5.74, 6) is 0.631. The summed E-state index contributed by atoms with van der Waals surface area (Å²) in [6.07, 6.45) is 7.99. The molecule has 0 heterocycles. The van der Waals surface area contributed by atoms with E-state index in [9.17, 15) is 4.39 Å². The Bertz CT molecular complexity index is 388. The van der Waals surface area contributed by atoms with Gasteiger partial charge in [-0.2, -0.15) is 0 Å². The quantitative estimate of drug-likeness (QED) is 0.840. The second-order valence-corrected chi connectivity index (χ2v) is 6.11. The summed E-state index contributed by atoms with van der Waals surface area (Å²) < 4.78 is 13.8. The van der Waals surface area contributed by atoms with Crippen LogP contribution in [0.1, 0.15) is 50.1 Å². The van der Waals surface area contributed by atoms with Crippen molar-refractivity contribution < 1.29 is 4.39 Å². The minimum atomic E-state index is -0.189. The standard InChI is InChI=1S/C15H21BrFN/c1-18-15(9-11-5-3-2-4-6-11)12-7-8-14(17)13(16)10-12/h7-8,10-11,15,18H,2-6,9H2,1H3. The van der Waals surface area contributed by atoms with Crippen molar-refractivity contribution in [1.29, 1.82) is 0 Å². The molecule has 1 atom stereocenters. The Morgan fingerprint density at radius 3 is 2.67 bits per heavy atom. The molecule has 0 aromatic heterocycles. The van der Waals surface area contributed by atoms with Crippen LogP contribution in [0.25, 0.3) is 0 Å². The number of hydrogen-bond acceptors (Lipinski definition) is 1. The molecule has 0 bridgehead atoms. The zero-order valence-electron chi connectivity index (χ0n) is 10.9. The fraction of sp³-hybridized carbons (Fsp3) is 0.600. The highest BCUT2D eigenvalue weighted by atomic mass is 79.9. The molecule has 0 spiro atoms. The van der Waals surface area contributed by atoms with Crippen molar-refractivity contribution in [1.82, 2.24) is 5.32 Å². The Hall–Kier alpha value is -0.410. The van der Waals surface area contributed by atoms with Crippen LogP contribution in [0.5, 0.6) is 0 Å². The SMILES string of the molecule is CNC(CC1CCCCC1)c1ccc(F)c(Br)c1. The lowest BCUT2D eigenvalue weighted by Crippen LogP contribution is -2.21. The van der Waals surface area contributed by atoms with E-state index < -0.39 is 0 Å². The molecule has 0 radical (unpaired) electrons. The maximum Gasteiger partial charge on any atom is 0.137 e. The summed E-state index contributed by atoms with van der Waals surface area (Å²) in [5.41, 5.74) is 1.18. The van der Waals surface area contributed by atoms with Crippen LogP contribution in [0.2, 0.25) is 0 Å². The van der Waals surface area contributed by atoms with Crippen LogP contribution in [-0.2, 0) is 0 Å². The van der Waals surface area contributed by atoms with E-state index in [4.69, 9.17) is 0 Å². The number of nitrogens with one attached hydrogen (secondary N) is 1. The normalized spacial score (nSPS) is 18.8. The van der Waals surface area contributed by atoms with Gasteiger partial charge >= 0.3 is 0 Å². The Morgan fingerprint density at radius 1 is 1.33 bits per heavy atom. The summed E-state index contributed by atoms with van der Waals surface area (Å²) in [5, 5.41) is 3.37. The largest absolute Gasteiger partial charge is 0.313 e. The smallest absolute Gasteiger partial charge is 0.137 e. The van der Waals surface area contributed by atoms with Gasteiger partial charge in [0.25, 0.3) is 0 Å². The fourth-order valence-corrected chi connectivity index (χ4v) is 3.30. The van der Waals surface area contributed by atoms with Gasteiger partial charge in [-0.15, -0.1) is 0 Å². The second-order valence-electron chi connectivity index (χ2n) is 5.25. The van der Waals surface area contributed by atoms with Crippen LogP contribution in [0.3, 0.4) is 0 Å². The predicted octanol–water partition coefficient (Wildman–Crippen LogP) is 4.82. The molecule has 0 amide bonds. The van der Waals surface area contributed by atoms with Crippen LogP contribution in [0.4, 0.5) is 4.39 Å². The molecule has 3 heteroatoms. The van der Waals surface area contributed by atoms with Crippen LogP contribution in [-0.4, -0.2) is 7.05 Å². The molecule has 1 aromatic carbocycles. The third kappa shape index (κ3) is 3.55. The lowest BCUT2D eigenvalue weighted by Gasteiger charge is -2.26. The molecule has 1 unspecified atom stereocenters. The summed E-state index contributed by atoms with van der Waals surface area (Å²) >= 11 is 3.27. The van der Waals surface area contributed by atoms with Gasteiger partial charge in [0.2, 0.25) is 0 Å². The van der Waals surface area contributed by atoms with Gasteiger partial charge in [0.1, 0.15) is 5.82 Å². The van der Waals surface area contributed by atoms with E-state index in [0.29, 0.717) is 10.5 Å². The van der Waals surface area contributed by atoms with Gasteiger partial charge in [-0.1, -0.05) is 38.2 Å². The lowest BCUT2D eigenvalue weighted by molar-refractivity contribution is 0.305. The highest BCUT2D eigenvalue weighted by Crippen LogP contribution is 2.32. The van der Waals surface area contributed by atoms with Crippen LogP contribution < -0.4 is 5.32 Å². The van der Waals surface area contributed by atoms with Gasteiger partial charge in [0.05, 0.1) is 4.47 Å². The highest BCUT2D eigenvalue weighted by molar-refractivity contribution is 9.10. The van der Waals surface area contributed by atoms with Crippen molar-refractivity contribution in [3.63, 3.8) is 0 Å². The Kier molecular flexibility index (Phi) is 5.19. The monoisotopic (exact) mass is 313 g/mol. The molecule has 1 N–H and O–H groups in total. The van der Waals surface area contributed by atoms with Crippen molar-refractivity contribution in [2.45, 2.75) is 44.6 Å². The summed E-state index contributed by atoms with van der Waals surface area (Å²) in [7, 11) is 1.99. The zero-order chi connectivity index (χ0) is 13.0. The summed E-state index contributed by atoms with van der Waals surface area (Å²) in [6, 6.07) is 5.68. The van der Waals surface area contributed by atoms with Crippen molar-refractivity contribution in [3.8, 4) is 0 Å². The number of rotatable bonds is 4. The van der Waals surface area contributed by atoms with Gasteiger partial charge in [-0.05, 0) is 53.0 Å². The van der Waals surface area contributed by atoms with E-state index >= 15 is 0 Å². The predicted molar refractivity (Wildman–Crippen MR) is 77.1 cm³/mol. The van der Waals surface area contributed by atoms with E-state index in [1.54, 1.807) is 6.07 Å². The molecule has 1 aliphatic carbocycles. The fourth-order valence-electron chi connectivity index (χ4n) is 2.91. The van der Waals surface area contributed by atoms with Gasteiger partial charge < -0.3 is 5.32 Å². The Morgan fingerprint density at radius 2 is 2.06 bits per heavy atom. The number of hydrogen-bond donors (Lipinski definition) is 1. The first-order valence-corrected chi connectivity index (χ1v) is 7.62. The van der Waals surface area contributed by atoms with Crippen LogP contribution in [0.15, 0.2) is 22.7 Å². The van der Waals surface area contributed by atoms with E-state index in [0.717, 1.165) is 12.3 Å². The number of benzene rings is 1. The first-order valence-electron chi connectivity index (χ1n) is 6.83. The lowest BCUT2D eigenvalue weighted by atomic mass is 9.83. The molecule has 1 aliphatic rings. The van der Waals surface area contributed by atoms with E-state index in [1.165, 1.54) is 37.7 Å². The maximum atomic E-state index is 13.3.